The average Bonchev–Trinajstić information content (AvgIpc) is 2.10. The van der Waals surface area contributed by atoms with E-state index in [0.29, 0.717) is 56.3 Å². The minimum Gasteiger partial charge on any atom is -0.459 e. The quantitative estimate of drug-likeness (QED) is 0.0305. The van der Waals surface area contributed by atoms with Gasteiger partial charge in [0.25, 0.3) is 0 Å². The Bertz CT molecular complexity index is 3020. The fourth-order valence-corrected chi connectivity index (χ4v) is 11.6. The highest BCUT2D eigenvalue weighted by Gasteiger charge is 2.46. The van der Waals surface area contributed by atoms with Crippen LogP contribution in [0.2, 0.25) is 5.02 Å². The van der Waals surface area contributed by atoms with Crippen LogP contribution in [0.3, 0.4) is 0 Å². The summed E-state index contributed by atoms with van der Waals surface area (Å²) in [5, 5.41) is 19.1. The van der Waals surface area contributed by atoms with Gasteiger partial charge < -0.3 is 64.5 Å². The summed E-state index contributed by atoms with van der Waals surface area (Å²) in [4.78, 5) is 81.4. The molecule has 5 N–H and O–H groups in total. The molecule has 85 heavy (non-hydrogen) atoms. The molecule has 1 fully saturated rings. The molecule has 0 aliphatic carbocycles. The van der Waals surface area contributed by atoms with Crippen molar-refractivity contribution in [2.45, 2.75) is 92.1 Å². The van der Waals surface area contributed by atoms with Crippen molar-refractivity contribution in [3.05, 3.63) is 104 Å². The largest absolute Gasteiger partial charge is 0.459 e. The van der Waals surface area contributed by atoms with Crippen LogP contribution in [-0.4, -0.2) is 190 Å². The van der Waals surface area contributed by atoms with Gasteiger partial charge in [0.15, 0.2) is 5.82 Å². The number of aromatic nitrogens is 4. The third-order valence-corrected chi connectivity index (χ3v) is 16.3. The molecule has 5 heterocycles. The number of nitrogens with zero attached hydrogens (tertiary/aromatic N) is 6. The van der Waals surface area contributed by atoms with Gasteiger partial charge in [-0.15, -0.1) is 32.9 Å². The highest BCUT2D eigenvalue weighted by Crippen LogP contribution is 2.40. The zero-order valence-electron chi connectivity index (χ0n) is 49.4. The molecule has 0 spiro atoms. The highest BCUT2D eigenvalue weighted by atomic mass is 35.5. The molecule has 4 atom stereocenters. The van der Waals surface area contributed by atoms with Crippen LogP contribution in [-0.2, 0) is 68.4 Å². The van der Waals surface area contributed by atoms with E-state index in [-0.39, 0.29) is 97.8 Å². The number of nitrogens with two attached hydrogens (primary N) is 1. The van der Waals surface area contributed by atoms with E-state index in [1.807, 2.05) is 66.9 Å². The molecule has 2 aromatic carbocycles. The number of rotatable bonds is 34. The molecule has 2 aliphatic heterocycles. The Balaban J connectivity index is 0.829. The molecule has 0 bridgehead atoms. The minimum absolute atomic E-state index is 0.0236. The molecule has 0 saturated carbocycles. The van der Waals surface area contributed by atoms with Gasteiger partial charge >= 0.3 is 5.97 Å². The van der Waals surface area contributed by atoms with Crippen molar-refractivity contribution in [1.82, 2.24) is 40.6 Å². The van der Waals surface area contributed by atoms with Gasteiger partial charge in [-0.1, -0.05) is 68.8 Å². The second-order valence-electron chi connectivity index (χ2n) is 21.3. The van der Waals surface area contributed by atoms with Crippen LogP contribution in [0.1, 0.15) is 84.1 Å². The number of likely N-dealkylation sites (tertiary alicyclic amines) is 1. The Morgan fingerprint density at radius 3 is 1.99 bits per heavy atom. The van der Waals surface area contributed by atoms with Gasteiger partial charge in [-0.05, 0) is 61.9 Å². The summed E-state index contributed by atoms with van der Waals surface area (Å²) >= 11 is 9.44. The first kappa shape index (κ1) is 66.4. The zero-order chi connectivity index (χ0) is 60.9. The third-order valence-electron chi connectivity index (χ3n) is 13.9. The van der Waals surface area contributed by atoms with E-state index in [1.54, 1.807) is 49.0 Å². The molecule has 462 valence electrons. The Kier molecular flexibility index (Phi) is 25.9. The summed E-state index contributed by atoms with van der Waals surface area (Å²) in [7, 11) is 0. The van der Waals surface area contributed by atoms with E-state index in [4.69, 9.17) is 60.2 Å². The number of hydrogen-bond acceptors (Lipinski definition) is 20. The molecule has 26 heteroatoms. The van der Waals surface area contributed by atoms with Gasteiger partial charge in [0.1, 0.15) is 48.3 Å². The maximum atomic E-state index is 14.6. The number of thiazole rings is 1. The first-order valence-electron chi connectivity index (χ1n) is 28.4. The van der Waals surface area contributed by atoms with Crippen LogP contribution in [0.4, 0.5) is 0 Å². The fraction of sp³-hybridized carbons (Fsp3) is 0.542. The zero-order valence-corrected chi connectivity index (χ0v) is 51.8. The molecule has 0 radical (unpaired) electrons. The number of amides is 4. The van der Waals surface area contributed by atoms with Crippen molar-refractivity contribution >= 4 is 69.6 Å². The normalized spacial score (nSPS) is 16.1. The number of esters is 1. The topological polar surface area (TPSA) is 280 Å². The third kappa shape index (κ3) is 19.4. The lowest BCUT2D eigenvalue weighted by Crippen LogP contribution is -2.58. The maximum Gasteiger partial charge on any atom is 0.332 e. The van der Waals surface area contributed by atoms with Crippen LogP contribution < -0.4 is 21.7 Å². The van der Waals surface area contributed by atoms with Crippen molar-refractivity contribution in [3.63, 3.8) is 0 Å². The van der Waals surface area contributed by atoms with Crippen molar-refractivity contribution in [2.75, 3.05) is 112 Å². The standard InChI is InChI=1S/C59H79ClN10O13S2/c1-37-39(3)85-58-51(37)52(42-12-14-44(60)15-13-42)65-46(55-68-67-40(4)70(55)58)31-48(71)62-17-19-77-21-23-79-26-28-81-34-49(72)66-54(59(5,6)7)57(75)69-33-45(83-50(73)35-82-29-27-80-25-24-78-22-20-76-18-16-61)30-47(69)56(74)63-32-41-8-10-43(11-9-41)53-38(2)64-36-84-53/h8-15,36,45-47,54H,16-35,61H2,1-7H3,(H,62,71)(H,63,74)(H,66,72)/t45-,46+,47+,54-/m1/s1. The van der Waals surface area contributed by atoms with Gasteiger partial charge in [-0.3, -0.25) is 28.7 Å². The van der Waals surface area contributed by atoms with E-state index in [1.165, 1.54) is 4.90 Å². The van der Waals surface area contributed by atoms with E-state index in [0.717, 1.165) is 54.0 Å². The average molecular weight is 1240 g/mol. The van der Waals surface area contributed by atoms with Crippen molar-refractivity contribution in [1.29, 1.82) is 0 Å². The molecule has 2 aliphatic rings. The number of hydrogen-bond donors (Lipinski definition) is 4. The highest BCUT2D eigenvalue weighted by molar-refractivity contribution is 7.15. The summed E-state index contributed by atoms with van der Waals surface area (Å²) in [6, 6.07) is 12.6. The Morgan fingerprint density at radius 1 is 0.753 bits per heavy atom. The summed E-state index contributed by atoms with van der Waals surface area (Å²) in [6.45, 7) is 16.8. The van der Waals surface area contributed by atoms with Crippen LogP contribution in [0.5, 0.6) is 0 Å². The molecule has 5 aromatic rings. The van der Waals surface area contributed by atoms with Gasteiger partial charge in [0.05, 0.1) is 114 Å². The van der Waals surface area contributed by atoms with Crippen LogP contribution >= 0.6 is 34.3 Å². The van der Waals surface area contributed by atoms with Crippen LogP contribution in [0.25, 0.3) is 15.4 Å². The summed E-state index contributed by atoms with van der Waals surface area (Å²) < 4.78 is 46.4. The van der Waals surface area contributed by atoms with E-state index < -0.39 is 53.3 Å². The Morgan fingerprint density at radius 2 is 1.36 bits per heavy atom. The first-order valence-corrected chi connectivity index (χ1v) is 30.4. The van der Waals surface area contributed by atoms with Crippen molar-refractivity contribution in [2.24, 2.45) is 16.1 Å². The predicted molar refractivity (Wildman–Crippen MR) is 321 cm³/mol. The van der Waals surface area contributed by atoms with Gasteiger partial charge in [0.2, 0.25) is 23.6 Å². The first-order chi connectivity index (χ1) is 40.9. The lowest BCUT2D eigenvalue weighted by atomic mass is 9.85. The molecule has 1 saturated heterocycles. The number of thiophene rings is 1. The van der Waals surface area contributed by atoms with Crippen LogP contribution in [0.15, 0.2) is 59.0 Å². The number of aliphatic imine (C=N–C) groups is 1. The molecular formula is C59H79ClN10O13S2. The number of ether oxygens (including phenoxy) is 8. The van der Waals surface area contributed by atoms with Crippen LogP contribution in [0, 0.1) is 33.1 Å². The number of carbonyl (C=O) groups is 5. The summed E-state index contributed by atoms with van der Waals surface area (Å²) in [5.41, 5.74) is 12.9. The molecular weight excluding hydrogens is 1160 g/mol. The number of fused-ring (bicyclic) bond motifs is 3. The fourth-order valence-electron chi connectivity index (χ4n) is 9.42. The molecule has 0 unspecified atom stereocenters. The predicted octanol–water partition coefficient (Wildman–Crippen LogP) is 5.17. The number of halogens is 1. The van der Waals surface area contributed by atoms with E-state index >= 15 is 0 Å². The lowest BCUT2D eigenvalue weighted by molar-refractivity contribution is -0.155. The number of carbonyl (C=O) groups excluding carboxylic acids is 5. The minimum atomic E-state index is -1.08. The molecule has 4 amide bonds. The monoisotopic (exact) mass is 1230 g/mol. The second kappa shape index (κ2) is 33.1. The SMILES string of the molecule is Cc1ncsc1-c1ccc(CNC(=O)[C@@H]2C[C@@H](OC(=O)COCCOCCOCCOCCN)CN2C(=O)[C@@H](NC(=O)COCCOCCOCCNC(=O)C[C@@H]2N=C(c3ccc(Cl)cc3)c3c(sc(C)c3C)-n3c(C)nnc32)C(C)(C)C)cc1. The van der Waals surface area contributed by atoms with Gasteiger partial charge in [-0.2, -0.15) is 0 Å². The number of aryl methyl sites for hydroxylation is 3. The maximum absolute atomic E-state index is 14.6. The van der Waals surface area contributed by atoms with Gasteiger partial charge in [-0.25, -0.2) is 9.78 Å². The lowest BCUT2D eigenvalue weighted by Gasteiger charge is -2.35. The Labute approximate surface area is 509 Å². The van der Waals surface area contributed by atoms with Crippen molar-refractivity contribution < 1.29 is 61.9 Å². The Hall–Kier alpha value is -6.10. The summed E-state index contributed by atoms with van der Waals surface area (Å²) in [6.07, 6.45) is -0.768. The number of nitrogens with one attached hydrogen (secondary N) is 3. The second-order valence-corrected chi connectivity index (χ2v) is 23.8. The molecule has 7 rings (SSSR count). The number of benzene rings is 2. The summed E-state index contributed by atoms with van der Waals surface area (Å²) in [5.74, 6) is -1.11. The van der Waals surface area contributed by atoms with Crippen molar-refractivity contribution in [3.8, 4) is 15.4 Å². The van der Waals surface area contributed by atoms with E-state index in [9.17, 15) is 24.0 Å². The van der Waals surface area contributed by atoms with Gasteiger partial charge in [0, 0.05) is 47.1 Å². The smallest absolute Gasteiger partial charge is 0.332 e. The molecule has 3 aromatic heterocycles. The van der Waals surface area contributed by atoms with E-state index in [2.05, 4.69) is 45.0 Å². The molecule has 23 nitrogen and oxygen atoms in total.